The molecule has 0 unspecified atom stereocenters. The number of fused-ring (bicyclic) bond motifs is 4. The number of anilines is 3. The summed E-state index contributed by atoms with van der Waals surface area (Å²) in [6.45, 7) is 4.29. The zero-order chi connectivity index (χ0) is 32.9. The summed E-state index contributed by atoms with van der Waals surface area (Å²) in [5, 5.41) is 9.98. The van der Waals surface area contributed by atoms with E-state index in [4.69, 9.17) is 0 Å². The molecule has 0 atom stereocenters. The second kappa shape index (κ2) is 11.8. The SMILES string of the molecule is Cc1ccc(N(c2ccc(C)cc2)c2ccc3c(-c4ccc5ccccc5c4)c4ccccc4c(-c4ccc5ccccc5c4)c3c2)cc1. The van der Waals surface area contributed by atoms with E-state index in [9.17, 15) is 0 Å². The van der Waals surface area contributed by atoms with E-state index in [-0.39, 0.29) is 0 Å². The summed E-state index contributed by atoms with van der Waals surface area (Å²) >= 11 is 0. The maximum atomic E-state index is 2.41. The Kier molecular flexibility index (Phi) is 6.99. The highest BCUT2D eigenvalue weighted by molar-refractivity contribution is 6.22. The van der Waals surface area contributed by atoms with Crippen LogP contribution in [-0.2, 0) is 0 Å². The summed E-state index contributed by atoms with van der Waals surface area (Å²) in [4.78, 5) is 2.38. The normalized spacial score (nSPS) is 11.5. The number of rotatable bonds is 5. The Labute approximate surface area is 287 Å². The molecule has 9 aromatic carbocycles. The standard InChI is InChI=1S/C48H35N/c1-32-15-23-40(24-16-32)49(41-25-17-33(2)18-26-41)42-27-28-45-46(31-42)48(39-22-20-35-10-4-6-12-37(35)30-39)44-14-8-7-13-43(44)47(45)38-21-19-34-9-3-5-11-36(34)29-38/h3-31H,1-2H3. The molecule has 0 fully saturated rings. The van der Waals surface area contributed by atoms with Crippen LogP contribution in [0.25, 0.3) is 65.3 Å². The lowest BCUT2D eigenvalue weighted by atomic mass is 9.85. The molecule has 0 spiro atoms. The van der Waals surface area contributed by atoms with Crippen LogP contribution in [-0.4, -0.2) is 0 Å². The van der Waals surface area contributed by atoms with Crippen LogP contribution in [0.3, 0.4) is 0 Å². The van der Waals surface area contributed by atoms with Crippen molar-refractivity contribution in [1.82, 2.24) is 0 Å². The molecule has 49 heavy (non-hydrogen) atoms. The molecule has 0 aliphatic heterocycles. The lowest BCUT2D eigenvalue weighted by Gasteiger charge is -2.27. The molecule has 0 saturated carbocycles. The van der Waals surface area contributed by atoms with Gasteiger partial charge in [0.05, 0.1) is 0 Å². The summed E-state index contributed by atoms with van der Waals surface area (Å²) in [7, 11) is 0. The van der Waals surface area contributed by atoms with E-state index in [1.165, 1.54) is 76.5 Å². The van der Waals surface area contributed by atoms with Crippen LogP contribution in [0.1, 0.15) is 11.1 Å². The smallest absolute Gasteiger partial charge is 0.0468 e. The van der Waals surface area contributed by atoms with Gasteiger partial charge in [0.1, 0.15) is 0 Å². The van der Waals surface area contributed by atoms with Crippen molar-refractivity contribution in [2.75, 3.05) is 4.90 Å². The average Bonchev–Trinajstić information content (AvgIpc) is 3.15. The van der Waals surface area contributed by atoms with Gasteiger partial charge in [-0.15, -0.1) is 0 Å². The minimum Gasteiger partial charge on any atom is -0.310 e. The van der Waals surface area contributed by atoms with Crippen molar-refractivity contribution >= 4 is 60.2 Å². The van der Waals surface area contributed by atoms with Gasteiger partial charge in [-0.05, 0) is 128 Å². The highest BCUT2D eigenvalue weighted by Crippen LogP contribution is 2.47. The van der Waals surface area contributed by atoms with Crippen LogP contribution in [0.15, 0.2) is 176 Å². The van der Waals surface area contributed by atoms with Gasteiger partial charge in [0.25, 0.3) is 0 Å². The molecule has 0 amide bonds. The fraction of sp³-hybridized carbons (Fsp3) is 0.0417. The Hall–Kier alpha value is -6.18. The lowest BCUT2D eigenvalue weighted by molar-refractivity contribution is 1.27. The molecule has 1 heteroatoms. The Morgan fingerprint density at radius 2 is 0.714 bits per heavy atom. The van der Waals surface area contributed by atoms with Crippen molar-refractivity contribution in [2.24, 2.45) is 0 Å². The molecule has 0 aliphatic carbocycles. The summed E-state index contributed by atoms with van der Waals surface area (Å²) in [5.41, 5.74) is 10.9. The van der Waals surface area contributed by atoms with Crippen molar-refractivity contribution in [3.8, 4) is 22.3 Å². The van der Waals surface area contributed by atoms with Crippen LogP contribution < -0.4 is 4.90 Å². The predicted octanol–water partition coefficient (Wildman–Crippen LogP) is 13.7. The summed E-state index contributed by atoms with van der Waals surface area (Å²) < 4.78 is 0. The van der Waals surface area contributed by atoms with Crippen LogP contribution >= 0.6 is 0 Å². The molecular weight excluding hydrogens is 591 g/mol. The average molecular weight is 626 g/mol. The van der Waals surface area contributed by atoms with Gasteiger partial charge in [0.2, 0.25) is 0 Å². The van der Waals surface area contributed by atoms with E-state index in [1.54, 1.807) is 0 Å². The molecule has 0 radical (unpaired) electrons. The van der Waals surface area contributed by atoms with E-state index in [1.807, 2.05) is 0 Å². The van der Waals surface area contributed by atoms with Crippen LogP contribution in [0.2, 0.25) is 0 Å². The number of hydrogen-bond donors (Lipinski definition) is 0. The molecule has 0 aliphatic rings. The van der Waals surface area contributed by atoms with Crippen LogP contribution in [0.5, 0.6) is 0 Å². The highest BCUT2D eigenvalue weighted by atomic mass is 15.1. The van der Waals surface area contributed by atoms with Gasteiger partial charge < -0.3 is 4.90 Å². The minimum atomic E-state index is 1.13. The fourth-order valence-electron chi connectivity index (χ4n) is 7.45. The first-order chi connectivity index (χ1) is 24.1. The maximum absolute atomic E-state index is 2.41. The fourth-order valence-corrected chi connectivity index (χ4v) is 7.45. The zero-order valence-corrected chi connectivity index (χ0v) is 27.7. The van der Waals surface area contributed by atoms with Crippen LogP contribution in [0.4, 0.5) is 17.1 Å². The predicted molar refractivity (Wildman–Crippen MR) is 211 cm³/mol. The van der Waals surface area contributed by atoms with E-state index >= 15 is 0 Å². The molecule has 1 nitrogen and oxygen atoms in total. The van der Waals surface area contributed by atoms with E-state index in [2.05, 4.69) is 195 Å². The number of aryl methyl sites for hydroxylation is 2. The first-order valence-corrected chi connectivity index (χ1v) is 17.0. The molecule has 9 aromatic rings. The highest BCUT2D eigenvalue weighted by Gasteiger charge is 2.20. The third-order valence-electron chi connectivity index (χ3n) is 9.93. The van der Waals surface area contributed by atoms with Crippen molar-refractivity contribution in [3.63, 3.8) is 0 Å². The van der Waals surface area contributed by atoms with Crippen molar-refractivity contribution in [3.05, 3.63) is 187 Å². The largest absolute Gasteiger partial charge is 0.310 e. The first-order valence-electron chi connectivity index (χ1n) is 17.0. The summed E-state index contributed by atoms with van der Waals surface area (Å²) in [5.74, 6) is 0. The number of hydrogen-bond acceptors (Lipinski definition) is 1. The molecule has 9 rings (SSSR count). The van der Waals surface area contributed by atoms with Gasteiger partial charge in [-0.25, -0.2) is 0 Å². The Bertz CT molecular complexity index is 2620. The van der Waals surface area contributed by atoms with Crippen molar-refractivity contribution < 1.29 is 0 Å². The van der Waals surface area contributed by atoms with Crippen LogP contribution in [0, 0.1) is 13.8 Å². The molecule has 232 valence electrons. The lowest BCUT2D eigenvalue weighted by Crippen LogP contribution is -2.10. The molecule has 0 saturated heterocycles. The summed E-state index contributed by atoms with van der Waals surface area (Å²) in [6, 6.07) is 64.8. The van der Waals surface area contributed by atoms with E-state index in [0.717, 1.165) is 17.1 Å². The van der Waals surface area contributed by atoms with Gasteiger partial charge in [-0.2, -0.15) is 0 Å². The van der Waals surface area contributed by atoms with Gasteiger partial charge in [0, 0.05) is 17.1 Å². The summed E-state index contributed by atoms with van der Waals surface area (Å²) in [6.07, 6.45) is 0. The molecular formula is C48H35N. The topological polar surface area (TPSA) is 3.24 Å². The van der Waals surface area contributed by atoms with Gasteiger partial charge >= 0.3 is 0 Å². The maximum Gasteiger partial charge on any atom is 0.0468 e. The van der Waals surface area contributed by atoms with E-state index < -0.39 is 0 Å². The van der Waals surface area contributed by atoms with Gasteiger partial charge in [-0.1, -0.05) is 139 Å². The quantitative estimate of drug-likeness (QED) is 0.172. The molecule has 0 aromatic heterocycles. The van der Waals surface area contributed by atoms with Crippen molar-refractivity contribution in [2.45, 2.75) is 13.8 Å². The Balaban J connectivity index is 1.39. The van der Waals surface area contributed by atoms with E-state index in [0.29, 0.717) is 0 Å². The van der Waals surface area contributed by atoms with Gasteiger partial charge in [-0.3, -0.25) is 0 Å². The zero-order valence-electron chi connectivity index (χ0n) is 27.7. The Morgan fingerprint density at radius 3 is 1.22 bits per heavy atom. The molecule has 0 heterocycles. The number of nitrogens with zero attached hydrogens (tertiary/aromatic N) is 1. The first kappa shape index (κ1) is 29.0. The van der Waals surface area contributed by atoms with Gasteiger partial charge in [0.15, 0.2) is 0 Å². The minimum absolute atomic E-state index is 1.13. The van der Waals surface area contributed by atoms with Crippen molar-refractivity contribution in [1.29, 1.82) is 0 Å². The third-order valence-corrected chi connectivity index (χ3v) is 9.93. The number of benzene rings is 9. The molecule has 0 bridgehead atoms. The second-order valence-electron chi connectivity index (χ2n) is 13.2. The monoisotopic (exact) mass is 625 g/mol. The third kappa shape index (κ3) is 5.12. The molecule has 0 N–H and O–H groups in total. The Morgan fingerprint density at radius 1 is 0.306 bits per heavy atom. The second-order valence-corrected chi connectivity index (χ2v) is 13.2.